The molecule has 3 atom stereocenters. The van der Waals surface area contributed by atoms with Crippen molar-refractivity contribution >= 4 is 5.97 Å². The maximum absolute atomic E-state index is 10.9. The molecular formula is C15H18O4. The highest BCUT2D eigenvalue weighted by Gasteiger charge is 2.46. The van der Waals surface area contributed by atoms with Crippen LogP contribution >= 0.6 is 0 Å². The number of carboxylic acids is 1. The number of hydrogen-bond donors (Lipinski definition) is 1. The summed E-state index contributed by atoms with van der Waals surface area (Å²) in [6.45, 7) is 3.32. The summed E-state index contributed by atoms with van der Waals surface area (Å²) in [5.41, 5.74) is 1.19. The Hall–Kier alpha value is -1.71. The minimum atomic E-state index is -0.654. The highest BCUT2D eigenvalue weighted by molar-refractivity contribution is 5.73. The van der Waals surface area contributed by atoms with Gasteiger partial charge in [0.25, 0.3) is 0 Å². The van der Waals surface area contributed by atoms with Gasteiger partial charge in [0.15, 0.2) is 11.5 Å². The molecule has 3 unspecified atom stereocenters. The highest BCUT2D eigenvalue weighted by Crippen LogP contribution is 2.45. The first kappa shape index (κ1) is 12.3. The summed E-state index contributed by atoms with van der Waals surface area (Å²) in [7, 11) is 0. The molecule has 102 valence electrons. The molecule has 1 fully saturated rings. The molecule has 1 aliphatic carbocycles. The van der Waals surface area contributed by atoms with Crippen LogP contribution in [0.3, 0.4) is 0 Å². The fourth-order valence-corrected chi connectivity index (χ4v) is 2.87. The Morgan fingerprint density at radius 2 is 2.11 bits per heavy atom. The van der Waals surface area contributed by atoms with Crippen LogP contribution in [0, 0.1) is 17.8 Å². The van der Waals surface area contributed by atoms with Gasteiger partial charge in [0.05, 0.1) is 5.92 Å². The zero-order valence-corrected chi connectivity index (χ0v) is 11.0. The molecule has 0 bridgehead atoms. The van der Waals surface area contributed by atoms with E-state index in [4.69, 9.17) is 14.6 Å². The topological polar surface area (TPSA) is 55.8 Å². The molecule has 19 heavy (non-hydrogen) atoms. The summed E-state index contributed by atoms with van der Waals surface area (Å²) in [5.74, 6) is 1.54. The van der Waals surface area contributed by atoms with Gasteiger partial charge in [-0.3, -0.25) is 4.79 Å². The Morgan fingerprint density at radius 1 is 1.37 bits per heavy atom. The predicted molar refractivity (Wildman–Crippen MR) is 69.5 cm³/mol. The van der Waals surface area contributed by atoms with Gasteiger partial charge in [-0.15, -0.1) is 0 Å². The third-order valence-electron chi connectivity index (χ3n) is 4.05. The maximum Gasteiger partial charge on any atom is 0.306 e. The summed E-state index contributed by atoms with van der Waals surface area (Å²) in [5, 5.41) is 8.96. The first-order chi connectivity index (χ1) is 9.15. The van der Waals surface area contributed by atoms with Gasteiger partial charge >= 0.3 is 5.97 Å². The molecule has 0 radical (unpaired) electrons. The van der Waals surface area contributed by atoms with Gasteiger partial charge in [0.1, 0.15) is 13.2 Å². The van der Waals surface area contributed by atoms with Crippen molar-refractivity contribution in [2.45, 2.75) is 19.8 Å². The number of carboxylic acid groups (broad SMARTS) is 1. The second-order valence-electron chi connectivity index (χ2n) is 5.50. The van der Waals surface area contributed by atoms with Crippen LogP contribution in [0.25, 0.3) is 0 Å². The lowest BCUT2D eigenvalue weighted by atomic mass is 9.95. The quantitative estimate of drug-likeness (QED) is 0.905. The van der Waals surface area contributed by atoms with Gasteiger partial charge in [-0.05, 0) is 42.4 Å². The average Bonchev–Trinajstić information content (AvgIpc) is 3.19. The van der Waals surface area contributed by atoms with Crippen molar-refractivity contribution in [1.29, 1.82) is 0 Å². The van der Waals surface area contributed by atoms with Crippen LogP contribution in [0.1, 0.15) is 18.9 Å². The van der Waals surface area contributed by atoms with Crippen molar-refractivity contribution < 1.29 is 19.4 Å². The van der Waals surface area contributed by atoms with Crippen molar-refractivity contribution in [2.75, 3.05) is 13.2 Å². The van der Waals surface area contributed by atoms with Crippen molar-refractivity contribution in [2.24, 2.45) is 17.8 Å². The van der Waals surface area contributed by atoms with E-state index in [2.05, 4.69) is 6.92 Å². The number of carbonyl (C=O) groups is 1. The minimum Gasteiger partial charge on any atom is -0.486 e. The molecule has 1 saturated carbocycles. The number of ether oxygens (including phenoxy) is 2. The largest absolute Gasteiger partial charge is 0.486 e. The number of aliphatic carboxylic acids is 1. The summed E-state index contributed by atoms with van der Waals surface area (Å²) >= 11 is 0. The van der Waals surface area contributed by atoms with E-state index in [9.17, 15) is 4.79 Å². The molecule has 3 rings (SSSR count). The summed E-state index contributed by atoms with van der Waals surface area (Å²) in [4.78, 5) is 10.9. The van der Waals surface area contributed by atoms with Gasteiger partial charge in [0, 0.05) is 0 Å². The Bertz CT molecular complexity index is 497. The molecule has 0 saturated heterocycles. The molecule has 1 aromatic rings. The highest BCUT2D eigenvalue weighted by atomic mass is 16.6. The number of fused-ring (bicyclic) bond motifs is 1. The molecule has 1 aromatic carbocycles. The van der Waals surface area contributed by atoms with Gasteiger partial charge < -0.3 is 14.6 Å². The molecule has 4 nitrogen and oxygen atoms in total. The van der Waals surface area contributed by atoms with Gasteiger partial charge in [-0.25, -0.2) is 0 Å². The van der Waals surface area contributed by atoms with Gasteiger partial charge in [0.2, 0.25) is 0 Å². The Balaban J connectivity index is 1.65. The molecule has 1 aliphatic heterocycles. The SMILES string of the molecule is CC(Cc1ccc2c(c1)OCCO2)C1CC1C(=O)O. The molecular weight excluding hydrogens is 244 g/mol. The van der Waals surface area contributed by atoms with E-state index in [1.165, 1.54) is 5.56 Å². The number of hydrogen-bond acceptors (Lipinski definition) is 3. The lowest BCUT2D eigenvalue weighted by Gasteiger charge is -2.19. The van der Waals surface area contributed by atoms with Gasteiger partial charge in [-0.1, -0.05) is 13.0 Å². The van der Waals surface area contributed by atoms with Crippen LogP contribution in [-0.4, -0.2) is 24.3 Å². The van der Waals surface area contributed by atoms with Crippen LogP contribution in [0.15, 0.2) is 18.2 Å². The standard InChI is InChI=1S/C15H18O4/c1-9(11-8-12(11)15(16)17)6-10-2-3-13-14(7-10)19-5-4-18-13/h2-3,7,9,11-12H,4-6,8H2,1H3,(H,16,17). The van der Waals surface area contributed by atoms with Crippen molar-refractivity contribution in [3.63, 3.8) is 0 Å². The molecule has 0 amide bonds. The second kappa shape index (κ2) is 4.76. The fraction of sp³-hybridized carbons (Fsp3) is 0.533. The van der Waals surface area contributed by atoms with Crippen LogP contribution < -0.4 is 9.47 Å². The fourth-order valence-electron chi connectivity index (χ4n) is 2.87. The second-order valence-corrected chi connectivity index (χ2v) is 5.50. The number of rotatable bonds is 4. The Morgan fingerprint density at radius 3 is 2.79 bits per heavy atom. The van der Waals surface area contributed by atoms with Crippen molar-refractivity contribution in [3.8, 4) is 11.5 Å². The van der Waals surface area contributed by atoms with Crippen molar-refractivity contribution in [3.05, 3.63) is 23.8 Å². The van der Waals surface area contributed by atoms with E-state index in [0.29, 0.717) is 25.0 Å². The zero-order valence-electron chi connectivity index (χ0n) is 11.0. The third kappa shape index (κ3) is 2.53. The average molecular weight is 262 g/mol. The maximum atomic E-state index is 10.9. The van der Waals surface area contributed by atoms with E-state index >= 15 is 0 Å². The first-order valence-corrected chi connectivity index (χ1v) is 6.76. The summed E-state index contributed by atoms with van der Waals surface area (Å²) in [6.07, 6.45) is 1.71. The third-order valence-corrected chi connectivity index (χ3v) is 4.05. The zero-order chi connectivity index (χ0) is 13.4. The normalized spacial score (nSPS) is 25.7. The monoisotopic (exact) mass is 262 g/mol. The van der Waals surface area contributed by atoms with E-state index in [1.54, 1.807) is 0 Å². The molecule has 0 aromatic heterocycles. The summed E-state index contributed by atoms with van der Waals surface area (Å²) < 4.78 is 11.1. The van der Waals surface area contributed by atoms with E-state index < -0.39 is 5.97 Å². The van der Waals surface area contributed by atoms with Crippen LogP contribution in [0.5, 0.6) is 11.5 Å². The number of benzene rings is 1. The van der Waals surface area contributed by atoms with Crippen LogP contribution in [0.4, 0.5) is 0 Å². The van der Waals surface area contributed by atoms with E-state index in [-0.39, 0.29) is 5.92 Å². The van der Waals surface area contributed by atoms with Gasteiger partial charge in [-0.2, -0.15) is 0 Å². The Labute approximate surface area is 112 Å². The van der Waals surface area contributed by atoms with Crippen molar-refractivity contribution in [1.82, 2.24) is 0 Å². The smallest absolute Gasteiger partial charge is 0.306 e. The molecule has 1 heterocycles. The molecule has 1 N–H and O–H groups in total. The van der Waals surface area contributed by atoms with E-state index in [0.717, 1.165) is 24.3 Å². The molecule has 0 spiro atoms. The lowest BCUT2D eigenvalue weighted by Crippen LogP contribution is -2.15. The van der Waals surface area contributed by atoms with E-state index in [1.807, 2.05) is 18.2 Å². The summed E-state index contributed by atoms with van der Waals surface area (Å²) in [6, 6.07) is 6.00. The molecule has 4 heteroatoms. The predicted octanol–water partition coefficient (Wildman–Crippen LogP) is 2.36. The van der Waals surface area contributed by atoms with Crippen LogP contribution in [-0.2, 0) is 11.2 Å². The molecule has 2 aliphatic rings. The lowest BCUT2D eigenvalue weighted by molar-refractivity contribution is -0.139. The first-order valence-electron chi connectivity index (χ1n) is 6.76. The Kier molecular flexibility index (Phi) is 3.09. The van der Waals surface area contributed by atoms with Crippen LogP contribution in [0.2, 0.25) is 0 Å². The minimum absolute atomic E-state index is 0.132.